The van der Waals surface area contributed by atoms with Crippen molar-refractivity contribution < 1.29 is 9.50 Å². The smallest absolute Gasteiger partial charge is 0.127 e. The molecular formula is C12H15BrFNO. The number of nitrogens with one attached hydrogen (secondary N) is 1. The lowest BCUT2D eigenvalue weighted by molar-refractivity contribution is 0.240. The maximum atomic E-state index is 13.6. The fourth-order valence-corrected chi connectivity index (χ4v) is 2.66. The average molecular weight is 288 g/mol. The third-order valence-electron chi connectivity index (χ3n) is 3.01. The van der Waals surface area contributed by atoms with Gasteiger partial charge in [0.05, 0.1) is 6.61 Å². The summed E-state index contributed by atoms with van der Waals surface area (Å²) in [5, 5.41) is 12.3. The molecule has 1 aliphatic rings. The molecule has 88 valence electrons. The quantitative estimate of drug-likeness (QED) is 0.896. The normalized spacial score (nSPS) is 20.9. The number of hydrogen-bond donors (Lipinski definition) is 2. The second-order valence-corrected chi connectivity index (χ2v) is 5.21. The molecule has 0 heterocycles. The van der Waals surface area contributed by atoms with Crippen LogP contribution in [-0.2, 0) is 6.42 Å². The highest BCUT2D eigenvalue weighted by atomic mass is 79.9. The number of hydrogen-bond acceptors (Lipinski definition) is 2. The van der Waals surface area contributed by atoms with E-state index in [9.17, 15) is 4.39 Å². The van der Waals surface area contributed by atoms with Crippen LogP contribution >= 0.6 is 15.9 Å². The third-order valence-corrected chi connectivity index (χ3v) is 3.47. The number of halogens is 2. The highest BCUT2D eigenvalue weighted by Crippen LogP contribution is 2.35. The van der Waals surface area contributed by atoms with Crippen LogP contribution < -0.4 is 5.32 Å². The summed E-state index contributed by atoms with van der Waals surface area (Å²) in [6.45, 7) is 2.02. The van der Waals surface area contributed by atoms with Crippen LogP contribution in [0.25, 0.3) is 0 Å². The Bertz CT molecular complexity index is 397. The standard InChI is InChI=1S/C12H15BrFNO/c1-7(6-16)15-12-3-2-9-10(12)4-8(13)5-11(9)14/h4-5,7,12,15-16H,2-3,6H2,1H3. The molecule has 0 radical (unpaired) electrons. The van der Waals surface area contributed by atoms with Gasteiger partial charge in [0.1, 0.15) is 5.82 Å². The SMILES string of the molecule is CC(CO)NC1CCc2c(F)cc(Br)cc21. The number of benzene rings is 1. The molecule has 1 aromatic rings. The van der Waals surface area contributed by atoms with Gasteiger partial charge in [0.25, 0.3) is 0 Å². The van der Waals surface area contributed by atoms with Crippen molar-refractivity contribution in [3.63, 3.8) is 0 Å². The van der Waals surface area contributed by atoms with E-state index in [0.717, 1.165) is 28.4 Å². The van der Waals surface area contributed by atoms with Gasteiger partial charge < -0.3 is 10.4 Å². The minimum Gasteiger partial charge on any atom is -0.395 e. The van der Waals surface area contributed by atoms with Crippen LogP contribution in [0.2, 0.25) is 0 Å². The van der Waals surface area contributed by atoms with Crippen molar-refractivity contribution in [3.8, 4) is 0 Å². The Morgan fingerprint density at radius 1 is 1.62 bits per heavy atom. The van der Waals surface area contributed by atoms with Gasteiger partial charge in [-0.2, -0.15) is 0 Å². The average Bonchev–Trinajstić information content (AvgIpc) is 2.61. The van der Waals surface area contributed by atoms with Crippen molar-refractivity contribution >= 4 is 15.9 Å². The van der Waals surface area contributed by atoms with Crippen LogP contribution in [0.1, 0.15) is 30.5 Å². The fraction of sp³-hybridized carbons (Fsp3) is 0.500. The van der Waals surface area contributed by atoms with Crippen LogP contribution in [-0.4, -0.2) is 17.8 Å². The molecule has 0 aliphatic heterocycles. The Morgan fingerprint density at radius 3 is 3.06 bits per heavy atom. The van der Waals surface area contributed by atoms with Crippen molar-refractivity contribution in [3.05, 3.63) is 33.5 Å². The predicted octanol–water partition coefficient (Wildman–Crippen LogP) is 2.55. The van der Waals surface area contributed by atoms with Crippen LogP contribution in [0.3, 0.4) is 0 Å². The third kappa shape index (κ3) is 2.29. The summed E-state index contributed by atoms with van der Waals surface area (Å²) in [5.74, 6) is -0.134. The zero-order valence-corrected chi connectivity index (χ0v) is 10.7. The Morgan fingerprint density at radius 2 is 2.38 bits per heavy atom. The highest BCUT2D eigenvalue weighted by molar-refractivity contribution is 9.10. The zero-order valence-electron chi connectivity index (χ0n) is 9.13. The molecule has 2 unspecified atom stereocenters. The maximum Gasteiger partial charge on any atom is 0.127 e. The van der Waals surface area contributed by atoms with E-state index in [4.69, 9.17) is 5.11 Å². The van der Waals surface area contributed by atoms with Gasteiger partial charge in [-0.3, -0.25) is 0 Å². The van der Waals surface area contributed by atoms with Crippen molar-refractivity contribution in [1.29, 1.82) is 0 Å². The molecule has 1 aromatic carbocycles. The van der Waals surface area contributed by atoms with Crippen molar-refractivity contribution in [2.45, 2.75) is 31.8 Å². The van der Waals surface area contributed by atoms with E-state index >= 15 is 0 Å². The summed E-state index contributed by atoms with van der Waals surface area (Å²) >= 11 is 3.31. The molecule has 0 saturated heterocycles. The summed E-state index contributed by atoms with van der Waals surface area (Å²) in [7, 11) is 0. The molecule has 16 heavy (non-hydrogen) atoms. The molecule has 2 nitrogen and oxygen atoms in total. The Kier molecular flexibility index (Phi) is 3.62. The molecule has 0 amide bonds. The monoisotopic (exact) mass is 287 g/mol. The van der Waals surface area contributed by atoms with Crippen LogP contribution in [0.5, 0.6) is 0 Å². The van der Waals surface area contributed by atoms with Gasteiger partial charge in [0.15, 0.2) is 0 Å². The van der Waals surface area contributed by atoms with E-state index < -0.39 is 0 Å². The maximum absolute atomic E-state index is 13.6. The number of aliphatic hydroxyl groups excluding tert-OH is 1. The summed E-state index contributed by atoms with van der Waals surface area (Å²) in [6, 6.07) is 3.67. The van der Waals surface area contributed by atoms with Gasteiger partial charge in [0, 0.05) is 16.6 Å². The molecular weight excluding hydrogens is 273 g/mol. The van der Waals surface area contributed by atoms with E-state index in [-0.39, 0.29) is 24.5 Å². The molecule has 2 N–H and O–H groups in total. The Labute approximate surface area is 103 Å². The molecule has 0 fully saturated rings. The molecule has 0 saturated carbocycles. The van der Waals surface area contributed by atoms with Crippen LogP contribution in [0, 0.1) is 5.82 Å². The first-order chi connectivity index (χ1) is 7.61. The number of aliphatic hydroxyl groups is 1. The molecule has 2 atom stereocenters. The van der Waals surface area contributed by atoms with Crippen LogP contribution in [0.15, 0.2) is 16.6 Å². The second kappa shape index (κ2) is 4.82. The van der Waals surface area contributed by atoms with Crippen molar-refractivity contribution in [1.82, 2.24) is 5.32 Å². The number of rotatable bonds is 3. The van der Waals surface area contributed by atoms with E-state index in [2.05, 4.69) is 21.2 Å². The second-order valence-electron chi connectivity index (χ2n) is 4.30. The summed E-state index contributed by atoms with van der Waals surface area (Å²) in [4.78, 5) is 0. The lowest BCUT2D eigenvalue weighted by Crippen LogP contribution is -2.32. The lowest BCUT2D eigenvalue weighted by atomic mass is 10.1. The predicted molar refractivity (Wildman–Crippen MR) is 64.8 cm³/mol. The first-order valence-corrected chi connectivity index (χ1v) is 6.26. The van der Waals surface area contributed by atoms with Gasteiger partial charge in [-0.25, -0.2) is 4.39 Å². The molecule has 0 spiro atoms. The van der Waals surface area contributed by atoms with Crippen molar-refractivity contribution in [2.75, 3.05) is 6.61 Å². The van der Waals surface area contributed by atoms with Gasteiger partial charge >= 0.3 is 0 Å². The largest absolute Gasteiger partial charge is 0.395 e. The molecule has 0 aromatic heterocycles. The van der Waals surface area contributed by atoms with E-state index in [1.54, 1.807) is 0 Å². The Hall–Kier alpha value is -0.450. The molecule has 1 aliphatic carbocycles. The first kappa shape index (κ1) is 12.0. The van der Waals surface area contributed by atoms with E-state index in [1.807, 2.05) is 13.0 Å². The van der Waals surface area contributed by atoms with Gasteiger partial charge in [-0.15, -0.1) is 0 Å². The van der Waals surface area contributed by atoms with Gasteiger partial charge in [0.2, 0.25) is 0 Å². The van der Waals surface area contributed by atoms with Gasteiger partial charge in [-0.1, -0.05) is 15.9 Å². The van der Waals surface area contributed by atoms with E-state index in [0.29, 0.717) is 0 Å². The summed E-state index contributed by atoms with van der Waals surface area (Å²) < 4.78 is 14.4. The molecule has 0 bridgehead atoms. The first-order valence-electron chi connectivity index (χ1n) is 5.46. The lowest BCUT2D eigenvalue weighted by Gasteiger charge is -2.18. The van der Waals surface area contributed by atoms with E-state index in [1.165, 1.54) is 6.07 Å². The highest BCUT2D eigenvalue weighted by Gasteiger charge is 2.26. The topological polar surface area (TPSA) is 32.3 Å². The number of fused-ring (bicyclic) bond motifs is 1. The van der Waals surface area contributed by atoms with Gasteiger partial charge in [-0.05, 0) is 43.0 Å². The minimum absolute atomic E-state index is 0.0398. The minimum atomic E-state index is -0.134. The summed E-state index contributed by atoms with van der Waals surface area (Å²) in [5.41, 5.74) is 1.83. The van der Waals surface area contributed by atoms with Crippen LogP contribution in [0.4, 0.5) is 4.39 Å². The molecule has 2 rings (SSSR count). The zero-order chi connectivity index (χ0) is 11.7. The Balaban J connectivity index is 2.25. The fourth-order valence-electron chi connectivity index (χ4n) is 2.21. The summed E-state index contributed by atoms with van der Waals surface area (Å²) in [6.07, 6.45) is 1.66. The molecule has 4 heteroatoms. The van der Waals surface area contributed by atoms with Crippen molar-refractivity contribution in [2.24, 2.45) is 0 Å².